The third-order valence-electron chi connectivity index (χ3n) is 4.13. The molecule has 0 atom stereocenters. The zero-order valence-electron chi connectivity index (χ0n) is 14.4. The summed E-state index contributed by atoms with van der Waals surface area (Å²) in [6, 6.07) is 9.08. The van der Waals surface area contributed by atoms with Gasteiger partial charge in [0.2, 0.25) is 5.88 Å². The summed E-state index contributed by atoms with van der Waals surface area (Å²) in [6.07, 6.45) is 2.98. The van der Waals surface area contributed by atoms with Crippen molar-refractivity contribution in [2.75, 3.05) is 4.31 Å². The van der Waals surface area contributed by atoms with E-state index in [4.69, 9.17) is 0 Å². The Labute approximate surface area is 147 Å². The molecule has 1 heterocycles. The molecule has 0 amide bonds. The number of anilines is 1. The van der Waals surface area contributed by atoms with Gasteiger partial charge in [0.05, 0.1) is 6.20 Å². The molecule has 25 heavy (non-hydrogen) atoms. The fraction of sp³-hybridized carbons (Fsp3) is 0.333. The first-order valence-corrected chi connectivity index (χ1v) is 9.48. The predicted molar refractivity (Wildman–Crippen MR) is 98.6 cm³/mol. The molecule has 134 valence electrons. The molecule has 0 radical (unpaired) electrons. The van der Waals surface area contributed by atoms with Gasteiger partial charge in [-0.05, 0) is 46.7 Å². The molecule has 0 aliphatic carbocycles. The van der Waals surface area contributed by atoms with Gasteiger partial charge in [0, 0.05) is 0 Å². The van der Waals surface area contributed by atoms with Crippen LogP contribution in [-0.4, -0.2) is 18.6 Å². The molecule has 0 fully saturated rings. The van der Waals surface area contributed by atoms with Crippen LogP contribution in [0.1, 0.15) is 32.8 Å². The Balaban J connectivity index is 2.02. The lowest BCUT2D eigenvalue weighted by atomic mass is 9.88. The number of aryl methyl sites for hydroxylation is 1. The second-order valence-corrected chi connectivity index (χ2v) is 9.05. The molecular formula is C18H22N2O4S. The molecule has 2 aromatic carbocycles. The smallest absolute Gasteiger partial charge is 0.330 e. The largest absolute Gasteiger partial charge is 0.506 e. The number of phenols is 1. The van der Waals surface area contributed by atoms with Crippen molar-refractivity contribution in [1.82, 2.24) is 4.72 Å². The number of hydrogen-bond acceptors (Lipinski definition) is 4. The standard InChI is InChI=1S/C18H22N2O4S/c1-18(2,3)7-6-12-4-5-13-10-16(21)15(9-14(13)8-12)20-11-17(22)19-25(20,23)24/h4-5,8-11,19,21-22H,6-7H2,1-3H3. The van der Waals surface area contributed by atoms with Crippen molar-refractivity contribution >= 4 is 26.7 Å². The van der Waals surface area contributed by atoms with Crippen LogP contribution in [0.2, 0.25) is 0 Å². The lowest BCUT2D eigenvalue weighted by molar-refractivity contribution is 0.378. The first kappa shape index (κ1) is 17.4. The minimum atomic E-state index is -3.94. The van der Waals surface area contributed by atoms with Crippen LogP contribution >= 0.6 is 0 Å². The summed E-state index contributed by atoms with van der Waals surface area (Å²) in [7, 11) is -3.94. The Kier molecular flexibility index (Phi) is 4.07. The van der Waals surface area contributed by atoms with Gasteiger partial charge in [-0.2, -0.15) is 8.42 Å². The van der Waals surface area contributed by atoms with E-state index >= 15 is 0 Å². The third kappa shape index (κ3) is 3.66. The van der Waals surface area contributed by atoms with E-state index in [-0.39, 0.29) is 16.9 Å². The van der Waals surface area contributed by atoms with E-state index in [2.05, 4.69) is 20.8 Å². The number of benzene rings is 2. The van der Waals surface area contributed by atoms with Crippen molar-refractivity contribution in [3.63, 3.8) is 0 Å². The van der Waals surface area contributed by atoms with Gasteiger partial charge in [0.25, 0.3) is 0 Å². The molecule has 1 aliphatic rings. The molecule has 0 unspecified atom stereocenters. The fourth-order valence-electron chi connectivity index (χ4n) is 2.76. The van der Waals surface area contributed by atoms with Crippen molar-refractivity contribution in [3.8, 4) is 5.75 Å². The van der Waals surface area contributed by atoms with Gasteiger partial charge in [-0.3, -0.25) is 0 Å². The highest BCUT2D eigenvalue weighted by molar-refractivity contribution is 7.91. The topological polar surface area (TPSA) is 89.9 Å². The molecule has 3 rings (SSSR count). The van der Waals surface area contributed by atoms with E-state index in [0.717, 1.165) is 39.7 Å². The molecule has 7 heteroatoms. The van der Waals surface area contributed by atoms with Crippen LogP contribution in [0, 0.1) is 5.41 Å². The Morgan fingerprint density at radius 3 is 2.40 bits per heavy atom. The van der Waals surface area contributed by atoms with Gasteiger partial charge in [0.15, 0.2) is 0 Å². The fourth-order valence-corrected chi connectivity index (χ4v) is 3.82. The Morgan fingerprint density at radius 2 is 1.80 bits per heavy atom. The van der Waals surface area contributed by atoms with Crippen LogP contribution in [-0.2, 0) is 16.6 Å². The Bertz CT molecular complexity index is 959. The summed E-state index contributed by atoms with van der Waals surface area (Å²) in [5, 5.41) is 21.3. The average Bonchev–Trinajstić information content (AvgIpc) is 2.76. The van der Waals surface area contributed by atoms with Crippen molar-refractivity contribution in [2.24, 2.45) is 5.41 Å². The van der Waals surface area contributed by atoms with E-state index in [1.807, 2.05) is 22.9 Å². The number of aliphatic hydroxyl groups is 1. The second-order valence-electron chi connectivity index (χ2n) is 7.50. The molecule has 0 bridgehead atoms. The van der Waals surface area contributed by atoms with Gasteiger partial charge in [-0.15, -0.1) is 0 Å². The highest BCUT2D eigenvalue weighted by Gasteiger charge is 2.30. The molecular weight excluding hydrogens is 340 g/mol. The van der Waals surface area contributed by atoms with E-state index in [1.54, 1.807) is 6.07 Å². The maximum atomic E-state index is 12.0. The molecule has 6 nitrogen and oxygen atoms in total. The maximum absolute atomic E-state index is 12.0. The van der Waals surface area contributed by atoms with Gasteiger partial charge in [-0.25, -0.2) is 9.03 Å². The van der Waals surface area contributed by atoms with Crippen molar-refractivity contribution in [3.05, 3.63) is 48.0 Å². The highest BCUT2D eigenvalue weighted by Crippen LogP contribution is 2.36. The van der Waals surface area contributed by atoms with Crippen LogP contribution in [0.15, 0.2) is 42.4 Å². The zero-order valence-corrected chi connectivity index (χ0v) is 15.3. The van der Waals surface area contributed by atoms with Crippen LogP contribution < -0.4 is 9.03 Å². The van der Waals surface area contributed by atoms with E-state index in [0.29, 0.717) is 0 Å². The molecule has 0 saturated heterocycles. The lowest BCUT2D eigenvalue weighted by Crippen LogP contribution is -2.29. The molecule has 0 saturated carbocycles. The number of nitrogens with one attached hydrogen (secondary N) is 1. The number of phenolic OH excluding ortho intramolecular Hbond substituents is 1. The Hall–Kier alpha value is -2.41. The summed E-state index contributed by atoms with van der Waals surface area (Å²) in [5.74, 6) is -0.662. The SMILES string of the molecule is CC(C)(C)CCc1ccc2cc(O)c(N3C=C(O)NS3(=O)=O)cc2c1. The van der Waals surface area contributed by atoms with Crippen LogP contribution in [0.25, 0.3) is 10.8 Å². The molecule has 3 N–H and O–H groups in total. The van der Waals surface area contributed by atoms with Crippen molar-refractivity contribution < 1.29 is 18.6 Å². The molecule has 2 aromatic rings. The van der Waals surface area contributed by atoms with E-state index in [1.165, 1.54) is 6.07 Å². The summed E-state index contributed by atoms with van der Waals surface area (Å²) in [6.45, 7) is 6.57. The number of fused-ring (bicyclic) bond motifs is 1. The van der Waals surface area contributed by atoms with Gasteiger partial charge < -0.3 is 10.2 Å². The Morgan fingerprint density at radius 1 is 1.08 bits per heavy atom. The quantitative estimate of drug-likeness (QED) is 0.779. The minimum Gasteiger partial charge on any atom is -0.506 e. The van der Waals surface area contributed by atoms with Crippen molar-refractivity contribution in [2.45, 2.75) is 33.6 Å². The third-order valence-corrected chi connectivity index (χ3v) is 5.42. The molecule has 0 aromatic heterocycles. The second kappa shape index (κ2) is 5.84. The summed E-state index contributed by atoms with van der Waals surface area (Å²) in [4.78, 5) is 0. The minimum absolute atomic E-state index is 0.0945. The number of nitrogens with zero attached hydrogens (tertiary/aromatic N) is 1. The normalized spacial score (nSPS) is 16.8. The number of rotatable bonds is 3. The van der Waals surface area contributed by atoms with Crippen LogP contribution in [0.5, 0.6) is 5.75 Å². The van der Waals surface area contributed by atoms with Gasteiger partial charge >= 0.3 is 10.2 Å². The number of hydrogen-bond donors (Lipinski definition) is 3. The molecule has 1 aliphatic heterocycles. The summed E-state index contributed by atoms with van der Waals surface area (Å²) >= 11 is 0. The lowest BCUT2D eigenvalue weighted by Gasteiger charge is -2.18. The summed E-state index contributed by atoms with van der Waals surface area (Å²) in [5.41, 5.74) is 1.48. The maximum Gasteiger partial charge on any atom is 0.330 e. The first-order valence-electron chi connectivity index (χ1n) is 8.04. The number of aliphatic hydroxyl groups excluding tert-OH is 1. The highest BCUT2D eigenvalue weighted by atomic mass is 32.2. The van der Waals surface area contributed by atoms with Crippen LogP contribution in [0.4, 0.5) is 5.69 Å². The predicted octanol–water partition coefficient (Wildman–Crippen LogP) is 3.54. The summed E-state index contributed by atoms with van der Waals surface area (Å²) < 4.78 is 26.9. The average molecular weight is 362 g/mol. The van der Waals surface area contributed by atoms with Crippen molar-refractivity contribution in [1.29, 1.82) is 0 Å². The van der Waals surface area contributed by atoms with E-state index in [9.17, 15) is 18.6 Å². The zero-order chi connectivity index (χ0) is 18.4. The monoisotopic (exact) mass is 362 g/mol. The van der Waals surface area contributed by atoms with E-state index < -0.39 is 16.1 Å². The van der Waals surface area contributed by atoms with Gasteiger partial charge in [-0.1, -0.05) is 39.0 Å². The molecule has 0 spiro atoms. The first-order chi connectivity index (χ1) is 11.5. The van der Waals surface area contributed by atoms with Gasteiger partial charge in [0.1, 0.15) is 11.4 Å². The van der Waals surface area contributed by atoms with Crippen LogP contribution in [0.3, 0.4) is 0 Å². The number of aromatic hydroxyl groups is 1.